The van der Waals surface area contributed by atoms with Crippen LogP contribution in [0.25, 0.3) is 0 Å². The predicted octanol–water partition coefficient (Wildman–Crippen LogP) is 0.853. The smallest absolute Gasteiger partial charge is 0.150 e. The van der Waals surface area contributed by atoms with Crippen molar-refractivity contribution in [3.63, 3.8) is 0 Å². The molecule has 0 heterocycles. The Balaban J connectivity index is 4.40. The molecule has 3 nitrogen and oxygen atoms in total. The maximum absolute atomic E-state index is 9.87. The Kier molecular flexibility index (Phi) is 5.30. The first kappa shape index (κ1) is 14.4. The maximum atomic E-state index is 9.87. The monoisotopic (exact) mass is 213 g/mol. The largest absolute Gasteiger partial charge is 0.386 e. The molecule has 0 saturated heterocycles. The van der Waals surface area contributed by atoms with Crippen LogP contribution in [0.2, 0.25) is 0 Å². The van der Waals surface area contributed by atoms with Crippen molar-refractivity contribution in [3.8, 4) is 11.8 Å². The Labute approximate surface area is 93.1 Å². The van der Waals surface area contributed by atoms with E-state index < -0.39 is 11.2 Å². The van der Waals surface area contributed by atoms with E-state index in [2.05, 4.69) is 30.6 Å². The first-order chi connectivity index (χ1) is 6.74. The minimum Gasteiger partial charge on any atom is -0.386 e. The van der Waals surface area contributed by atoms with E-state index in [0.717, 1.165) is 13.1 Å². The highest BCUT2D eigenvalue weighted by Gasteiger charge is 2.35. The molecule has 0 rings (SSSR count). The van der Waals surface area contributed by atoms with Gasteiger partial charge in [0.25, 0.3) is 0 Å². The summed E-state index contributed by atoms with van der Waals surface area (Å²) in [7, 11) is 0. The molecule has 0 aromatic carbocycles. The Morgan fingerprint density at radius 2 is 1.53 bits per heavy atom. The quantitative estimate of drug-likeness (QED) is 0.681. The minimum absolute atomic E-state index is 0.624. The molecule has 3 heteroatoms. The van der Waals surface area contributed by atoms with Crippen molar-refractivity contribution in [3.05, 3.63) is 0 Å². The molecule has 0 amide bonds. The molecule has 1 unspecified atom stereocenters. The third-order valence-electron chi connectivity index (χ3n) is 2.72. The topological polar surface area (TPSA) is 43.7 Å². The Bertz CT molecular complexity index is 239. The van der Waals surface area contributed by atoms with E-state index in [1.165, 1.54) is 6.92 Å². The SMILES string of the molecule is CCN(CC)CC#CC(C)(O)C(C)(C)O. The molecule has 0 saturated carbocycles. The molecule has 0 aliphatic rings. The molecule has 88 valence electrons. The molecule has 0 aliphatic heterocycles. The zero-order chi connectivity index (χ0) is 12.1. The van der Waals surface area contributed by atoms with E-state index in [9.17, 15) is 10.2 Å². The highest BCUT2D eigenvalue weighted by molar-refractivity contribution is 5.18. The summed E-state index contributed by atoms with van der Waals surface area (Å²) < 4.78 is 0. The molecule has 1 atom stereocenters. The summed E-state index contributed by atoms with van der Waals surface area (Å²) in [5, 5.41) is 19.5. The first-order valence-corrected chi connectivity index (χ1v) is 5.41. The van der Waals surface area contributed by atoms with Crippen LogP contribution < -0.4 is 0 Å². The highest BCUT2D eigenvalue weighted by Crippen LogP contribution is 2.19. The Morgan fingerprint density at radius 3 is 1.87 bits per heavy atom. The van der Waals surface area contributed by atoms with Gasteiger partial charge in [0.1, 0.15) is 0 Å². The summed E-state index contributed by atoms with van der Waals surface area (Å²) in [6, 6.07) is 0. The molecule has 2 N–H and O–H groups in total. The van der Waals surface area contributed by atoms with Crippen LogP contribution in [0, 0.1) is 11.8 Å². The molecular weight excluding hydrogens is 190 g/mol. The fraction of sp³-hybridized carbons (Fsp3) is 0.833. The Morgan fingerprint density at radius 1 is 1.07 bits per heavy atom. The van der Waals surface area contributed by atoms with Crippen LogP contribution in [0.4, 0.5) is 0 Å². The van der Waals surface area contributed by atoms with E-state index in [-0.39, 0.29) is 0 Å². The summed E-state index contributed by atoms with van der Waals surface area (Å²) in [5.41, 5.74) is -2.57. The van der Waals surface area contributed by atoms with Crippen molar-refractivity contribution >= 4 is 0 Å². The predicted molar refractivity (Wildman–Crippen MR) is 62.5 cm³/mol. The van der Waals surface area contributed by atoms with Gasteiger partial charge >= 0.3 is 0 Å². The normalized spacial score (nSPS) is 15.7. The summed E-state index contributed by atoms with van der Waals surface area (Å²) in [6.07, 6.45) is 0. The highest BCUT2D eigenvalue weighted by atomic mass is 16.3. The molecule has 0 aromatic rings. The second-order valence-electron chi connectivity index (χ2n) is 4.39. The van der Waals surface area contributed by atoms with Crippen LogP contribution in [-0.2, 0) is 0 Å². The van der Waals surface area contributed by atoms with Crippen LogP contribution in [0.15, 0.2) is 0 Å². The van der Waals surface area contributed by atoms with Crippen molar-refractivity contribution in [1.29, 1.82) is 0 Å². The fourth-order valence-corrected chi connectivity index (χ4v) is 0.924. The summed E-state index contributed by atoms with van der Waals surface area (Å²) in [4.78, 5) is 2.15. The lowest BCUT2D eigenvalue weighted by atomic mass is 9.88. The Hall–Kier alpha value is -0.560. The third kappa shape index (κ3) is 4.65. The maximum Gasteiger partial charge on any atom is 0.150 e. The van der Waals surface area contributed by atoms with Crippen LogP contribution in [-0.4, -0.2) is 45.9 Å². The van der Waals surface area contributed by atoms with Gasteiger partial charge in [0, 0.05) is 0 Å². The van der Waals surface area contributed by atoms with Crippen molar-refractivity contribution in [2.24, 2.45) is 0 Å². The van der Waals surface area contributed by atoms with Gasteiger partial charge in [-0.25, -0.2) is 0 Å². The molecule has 0 radical (unpaired) electrons. The molecule has 0 aromatic heterocycles. The number of rotatable bonds is 4. The second kappa shape index (κ2) is 5.50. The summed E-state index contributed by atoms with van der Waals surface area (Å²) in [5.74, 6) is 5.61. The average molecular weight is 213 g/mol. The number of nitrogens with zero attached hydrogens (tertiary/aromatic N) is 1. The van der Waals surface area contributed by atoms with Gasteiger partial charge in [-0.1, -0.05) is 25.7 Å². The van der Waals surface area contributed by atoms with E-state index in [0.29, 0.717) is 6.54 Å². The zero-order valence-corrected chi connectivity index (χ0v) is 10.5. The van der Waals surface area contributed by atoms with Gasteiger partial charge in [-0.3, -0.25) is 4.90 Å². The van der Waals surface area contributed by atoms with Gasteiger partial charge in [0.05, 0.1) is 12.1 Å². The van der Waals surface area contributed by atoms with Crippen LogP contribution in [0.3, 0.4) is 0 Å². The number of aliphatic hydroxyl groups is 2. The lowest BCUT2D eigenvalue weighted by molar-refractivity contribution is -0.0821. The third-order valence-corrected chi connectivity index (χ3v) is 2.72. The molecule has 15 heavy (non-hydrogen) atoms. The van der Waals surface area contributed by atoms with Gasteiger partial charge in [-0.15, -0.1) is 0 Å². The van der Waals surface area contributed by atoms with Crippen molar-refractivity contribution < 1.29 is 10.2 Å². The van der Waals surface area contributed by atoms with Crippen LogP contribution >= 0.6 is 0 Å². The van der Waals surface area contributed by atoms with Crippen molar-refractivity contribution in [2.45, 2.75) is 45.8 Å². The summed E-state index contributed by atoms with van der Waals surface area (Å²) >= 11 is 0. The van der Waals surface area contributed by atoms with Gasteiger partial charge < -0.3 is 10.2 Å². The fourth-order valence-electron chi connectivity index (χ4n) is 0.924. The van der Waals surface area contributed by atoms with Gasteiger partial charge in [0.2, 0.25) is 0 Å². The number of hydrogen-bond acceptors (Lipinski definition) is 3. The molecule has 0 bridgehead atoms. The zero-order valence-electron chi connectivity index (χ0n) is 10.5. The van der Waals surface area contributed by atoms with Gasteiger partial charge in [-0.2, -0.15) is 0 Å². The van der Waals surface area contributed by atoms with E-state index in [4.69, 9.17) is 0 Å². The standard InChI is InChI=1S/C12H23NO2/c1-6-13(7-2)10-8-9-12(5,15)11(3,4)14/h14-15H,6-7,10H2,1-5H3. The average Bonchev–Trinajstić information content (AvgIpc) is 2.10. The van der Waals surface area contributed by atoms with E-state index in [1.54, 1.807) is 13.8 Å². The van der Waals surface area contributed by atoms with Crippen molar-refractivity contribution in [1.82, 2.24) is 4.90 Å². The van der Waals surface area contributed by atoms with Crippen LogP contribution in [0.1, 0.15) is 34.6 Å². The van der Waals surface area contributed by atoms with E-state index in [1.807, 2.05) is 0 Å². The molecule has 0 fully saturated rings. The molecule has 0 aliphatic carbocycles. The second-order valence-corrected chi connectivity index (χ2v) is 4.39. The molecular formula is C12H23NO2. The van der Waals surface area contributed by atoms with Gasteiger partial charge in [-0.05, 0) is 33.9 Å². The first-order valence-electron chi connectivity index (χ1n) is 5.41. The van der Waals surface area contributed by atoms with Crippen molar-refractivity contribution in [2.75, 3.05) is 19.6 Å². The van der Waals surface area contributed by atoms with Crippen LogP contribution in [0.5, 0.6) is 0 Å². The van der Waals surface area contributed by atoms with E-state index >= 15 is 0 Å². The number of hydrogen-bond donors (Lipinski definition) is 2. The lowest BCUT2D eigenvalue weighted by Gasteiger charge is -2.30. The summed E-state index contributed by atoms with van der Waals surface area (Å²) in [6.45, 7) is 11.3. The molecule has 0 spiro atoms. The van der Waals surface area contributed by atoms with Gasteiger partial charge in [0.15, 0.2) is 5.60 Å². The minimum atomic E-state index is -1.36. The lowest BCUT2D eigenvalue weighted by Crippen LogP contribution is -2.46.